The van der Waals surface area contributed by atoms with Crippen LogP contribution in [0.15, 0.2) is 24.3 Å². The van der Waals surface area contributed by atoms with Crippen molar-refractivity contribution < 1.29 is 9.53 Å². The highest BCUT2D eigenvalue weighted by atomic mass is 16.5. The van der Waals surface area contributed by atoms with Crippen LogP contribution in [0.4, 0.5) is 5.69 Å². The van der Waals surface area contributed by atoms with E-state index in [1.165, 1.54) is 0 Å². The molecule has 1 aliphatic heterocycles. The molecule has 1 aliphatic rings. The minimum absolute atomic E-state index is 0.00301. The van der Waals surface area contributed by atoms with E-state index in [1.54, 1.807) is 0 Å². The number of rotatable bonds is 3. The van der Waals surface area contributed by atoms with Gasteiger partial charge in [-0.15, -0.1) is 0 Å². The topological polar surface area (TPSA) is 50.4 Å². The lowest BCUT2D eigenvalue weighted by Crippen LogP contribution is -2.41. The number of carbonyl (C=O) groups is 1. The molecule has 2 rings (SSSR count). The molecule has 4 heteroatoms. The molecule has 4 nitrogen and oxygen atoms in total. The normalized spacial score (nSPS) is 23.4. The first-order valence-corrected chi connectivity index (χ1v) is 6.39. The maximum atomic E-state index is 12.0. The van der Waals surface area contributed by atoms with Crippen LogP contribution < -0.4 is 10.6 Å². The average molecular weight is 248 g/mol. The van der Waals surface area contributed by atoms with Crippen LogP contribution in [0.5, 0.6) is 0 Å². The van der Waals surface area contributed by atoms with Gasteiger partial charge in [-0.05, 0) is 44.0 Å². The standard InChI is InChI=1S/C14H20N2O2/c1-10-9-13(7-8-18-10)16-14(17)11-3-5-12(15-2)6-4-11/h3-6,10,13,15H,7-9H2,1-2H3,(H,16,17). The maximum absolute atomic E-state index is 12.0. The molecule has 1 amide bonds. The number of hydrogen-bond donors (Lipinski definition) is 2. The summed E-state index contributed by atoms with van der Waals surface area (Å²) in [6.07, 6.45) is 2.01. The molecule has 98 valence electrons. The summed E-state index contributed by atoms with van der Waals surface area (Å²) < 4.78 is 5.47. The smallest absolute Gasteiger partial charge is 0.251 e. The number of ether oxygens (including phenoxy) is 1. The van der Waals surface area contributed by atoms with Gasteiger partial charge < -0.3 is 15.4 Å². The highest BCUT2D eigenvalue weighted by Crippen LogP contribution is 2.14. The summed E-state index contributed by atoms with van der Waals surface area (Å²) >= 11 is 0. The first-order chi connectivity index (χ1) is 8.69. The number of amides is 1. The predicted molar refractivity (Wildman–Crippen MR) is 71.9 cm³/mol. The van der Waals surface area contributed by atoms with Gasteiger partial charge in [0, 0.05) is 30.9 Å². The van der Waals surface area contributed by atoms with E-state index in [0.29, 0.717) is 5.56 Å². The molecular formula is C14H20N2O2. The van der Waals surface area contributed by atoms with Crippen LogP contribution in [0.2, 0.25) is 0 Å². The minimum atomic E-state index is -0.00301. The number of hydrogen-bond acceptors (Lipinski definition) is 3. The molecule has 1 heterocycles. The van der Waals surface area contributed by atoms with Crippen LogP contribution in [0.3, 0.4) is 0 Å². The van der Waals surface area contributed by atoms with Gasteiger partial charge in [0.05, 0.1) is 6.10 Å². The summed E-state index contributed by atoms with van der Waals surface area (Å²) in [5.74, 6) is -0.00301. The van der Waals surface area contributed by atoms with E-state index in [-0.39, 0.29) is 18.1 Å². The van der Waals surface area contributed by atoms with Crippen molar-refractivity contribution in [2.75, 3.05) is 19.0 Å². The molecule has 0 spiro atoms. The monoisotopic (exact) mass is 248 g/mol. The van der Waals surface area contributed by atoms with Crippen LogP contribution in [-0.2, 0) is 4.74 Å². The molecule has 0 aliphatic carbocycles. The Labute approximate surface area is 108 Å². The molecule has 0 radical (unpaired) electrons. The van der Waals surface area contributed by atoms with Gasteiger partial charge in [-0.2, -0.15) is 0 Å². The zero-order valence-corrected chi connectivity index (χ0v) is 10.9. The van der Waals surface area contributed by atoms with Gasteiger partial charge >= 0.3 is 0 Å². The van der Waals surface area contributed by atoms with E-state index < -0.39 is 0 Å². The molecule has 1 saturated heterocycles. The van der Waals surface area contributed by atoms with Crippen LogP contribution in [-0.4, -0.2) is 31.7 Å². The molecule has 18 heavy (non-hydrogen) atoms. The largest absolute Gasteiger partial charge is 0.388 e. The fourth-order valence-corrected chi connectivity index (χ4v) is 2.19. The Hall–Kier alpha value is -1.55. The van der Waals surface area contributed by atoms with Crippen molar-refractivity contribution in [1.82, 2.24) is 5.32 Å². The fraction of sp³-hybridized carbons (Fsp3) is 0.500. The van der Waals surface area contributed by atoms with E-state index in [4.69, 9.17) is 4.74 Å². The van der Waals surface area contributed by atoms with Crippen molar-refractivity contribution in [1.29, 1.82) is 0 Å². The van der Waals surface area contributed by atoms with Gasteiger partial charge in [0.2, 0.25) is 0 Å². The second kappa shape index (κ2) is 5.87. The highest BCUT2D eigenvalue weighted by Gasteiger charge is 2.21. The minimum Gasteiger partial charge on any atom is -0.388 e. The van der Waals surface area contributed by atoms with Crippen molar-refractivity contribution in [3.05, 3.63) is 29.8 Å². The average Bonchev–Trinajstić information content (AvgIpc) is 2.39. The molecule has 0 saturated carbocycles. The molecule has 2 atom stereocenters. The summed E-state index contributed by atoms with van der Waals surface area (Å²) in [5, 5.41) is 6.10. The summed E-state index contributed by atoms with van der Waals surface area (Å²) in [4.78, 5) is 12.0. The zero-order valence-electron chi connectivity index (χ0n) is 10.9. The lowest BCUT2D eigenvalue weighted by atomic mass is 10.0. The first-order valence-electron chi connectivity index (χ1n) is 6.39. The lowest BCUT2D eigenvalue weighted by molar-refractivity contribution is 0.0136. The van der Waals surface area contributed by atoms with E-state index in [0.717, 1.165) is 25.1 Å². The summed E-state index contributed by atoms with van der Waals surface area (Å²) in [5.41, 5.74) is 1.71. The molecule has 1 aromatic rings. The zero-order chi connectivity index (χ0) is 13.0. The van der Waals surface area contributed by atoms with Crippen molar-refractivity contribution in [2.24, 2.45) is 0 Å². The molecule has 0 bridgehead atoms. The van der Waals surface area contributed by atoms with Crippen LogP contribution in [0, 0.1) is 0 Å². The van der Waals surface area contributed by atoms with Gasteiger partial charge in [-0.25, -0.2) is 0 Å². The summed E-state index contributed by atoms with van der Waals surface area (Å²) in [7, 11) is 1.86. The molecule has 0 aromatic heterocycles. The molecule has 2 N–H and O–H groups in total. The van der Waals surface area contributed by atoms with E-state index in [9.17, 15) is 4.79 Å². The first kappa shape index (κ1) is 12.9. The molecule has 2 unspecified atom stereocenters. The van der Waals surface area contributed by atoms with E-state index in [1.807, 2.05) is 38.2 Å². The van der Waals surface area contributed by atoms with Gasteiger partial charge in [-0.1, -0.05) is 0 Å². The van der Waals surface area contributed by atoms with Gasteiger partial charge in [-0.3, -0.25) is 4.79 Å². The van der Waals surface area contributed by atoms with Crippen LogP contribution >= 0.6 is 0 Å². The Morgan fingerprint density at radius 1 is 1.33 bits per heavy atom. The van der Waals surface area contributed by atoms with E-state index >= 15 is 0 Å². The molecule has 1 fully saturated rings. The SMILES string of the molecule is CNc1ccc(C(=O)NC2CCOC(C)C2)cc1. The Kier molecular flexibility index (Phi) is 4.20. The Balaban J connectivity index is 1.94. The third-order valence-electron chi connectivity index (χ3n) is 3.26. The Bertz CT molecular complexity index is 403. The quantitative estimate of drug-likeness (QED) is 0.860. The van der Waals surface area contributed by atoms with Crippen molar-refractivity contribution >= 4 is 11.6 Å². The summed E-state index contributed by atoms with van der Waals surface area (Å²) in [6.45, 7) is 2.77. The maximum Gasteiger partial charge on any atom is 0.251 e. The fourth-order valence-electron chi connectivity index (χ4n) is 2.19. The van der Waals surface area contributed by atoms with Crippen LogP contribution in [0.25, 0.3) is 0 Å². The third-order valence-corrected chi connectivity index (χ3v) is 3.26. The lowest BCUT2D eigenvalue weighted by Gasteiger charge is -2.27. The Morgan fingerprint density at radius 3 is 2.67 bits per heavy atom. The predicted octanol–water partition coefficient (Wildman–Crippen LogP) is 2.03. The number of benzene rings is 1. The molecule has 1 aromatic carbocycles. The number of anilines is 1. The van der Waals surface area contributed by atoms with Crippen LogP contribution in [0.1, 0.15) is 30.1 Å². The van der Waals surface area contributed by atoms with E-state index in [2.05, 4.69) is 10.6 Å². The second-order valence-electron chi connectivity index (χ2n) is 4.70. The van der Waals surface area contributed by atoms with Gasteiger partial charge in [0.25, 0.3) is 5.91 Å². The van der Waals surface area contributed by atoms with Crippen molar-refractivity contribution in [2.45, 2.75) is 31.9 Å². The van der Waals surface area contributed by atoms with Gasteiger partial charge in [0.1, 0.15) is 0 Å². The third kappa shape index (κ3) is 3.23. The molecular weight excluding hydrogens is 228 g/mol. The van der Waals surface area contributed by atoms with Crippen molar-refractivity contribution in [3.8, 4) is 0 Å². The van der Waals surface area contributed by atoms with Gasteiger partial charge in [0.15, 0.2) is 0 Å². The number of nitrogens with one attached hydrogen (secondary N) is 2. The summed E-state index contributed by atoms with van der Waals surface area (Å²) in [6, 6.07) is 7.71. The highest BCUT2D eigenvalue weighted by molar-refractivity contribution is 5.94. The van der Waals surface area contributed by atoms with Crippen molar-refractivity contribution in [3.63, 3.8) is 0 Å². The second-order valence-corrected chi connectivity index (χ2v) is 4.70. The Morgan fingerprint density at radius 2 is 2.06 bits per heavy atom. The number of carbonyl (C=O) groups excluding carboxylic acids is 1.